The first-order valence-corrected chi connectivity index (χ1v) is 55.2. The molecule has 0 radical (unpaired) electrons. The molecule has 30 nitrogen and oxygen atoms in total. The Balaban J connectivity index is 0.000000132. The summed E-state index contributed by atoms with van der Waals surface area (Å²) in [7, 11) is 3.55. The van der Waals surface area contributed by atoms with Gasteiger partial charge in [0, 0.05) is 147 Å². The molecule has 0 aromatic carbocycles. The molecule has 10 atom stereocenters. The number of nitrogens with two attached hydrogens (primary N) is 8. The number of alkyl halides is 9. The maximum Gasteiger partial charge on any atom is 0.434 e. The molecule has 10 aromatic heterocycles. The second-order valence-electron chi connectivity index (χ2n) is 41.5. The predicted molar refractivity (Wildman–Crippen MR) is 567 cm³/mol. The highest BCUT2D eigenvalue weighted by molar-refractivity contribution is 8.00. The van der Waals surface area contributed by atoms with E-state index in [-0.39, 0.29) is 93.3 Å². The largest absolute Gasteiger partial charge is 0.434 e. The van der Waals surface area contributed by atoms with Crippen LogP contribution in [0, 0.1) is 62.6 Å². The van der Waals surface area contributed by atoms with E-state index in [9.17, 15) is 39.5 Å². The van der Waals surface area contributed by atoms with Crippen LogP contribution >= 0.6 is 93.6 Å². The lowest BCUT2D eigenvalue weighted by Gasteiger charge is -2.42. The van der Waals surface area contributed by atoms with Gasteiger partial charge in [0.25, 0.3) is 0 Å². The van der Waals surface area contributed by atoms with E-state index in [1.807, 2.05) is 0 Å². The van der Waals surface area contributed by atoms with Crippen LogP contribution in [0.1, 0.15) is 187 Å². The lowest BCUT2D eigenvalue weighted by atomic mass is 9.71. The molecule has 0 amide bonds. The first-order chi connectivity index (χ1) is 70.4. The van der Waals surface area contributed by atoms with Crippen molar-refractivity contribution < 1.29 is 49.0 Å². The van der Waals surface area contributed by atoms with Crippen molar-refractivity contribution in [3.63, 3.8) is 0 Å². The topological polar surface area (TPSA) is 436 Å². The summed E-state index contributed by atoms with van der Waals surface area (Å²) in [5, 5.41) is 2.97. The molecule has 47 heteroatoms. The van der Waals surface area contributed by atoms with E-state index in [2.05, 4.69) is 141 Å². The van der Waals surface area contributed by atoms with Gasteiger partial charge in [0.1, 0.15) is 65.2 Å². The molecule has 15 heterocycles. The van der Waals surface area contributed by atoms with E-state index in [0.717, 1.165) is 266 Å². The molecule has 5 aliphatic heterocycles. The van der Waals surface area contributed by atoms with E-state index in [0.29, 0.717) is 65.4 Å². The minimum Gasteiger partial charge on any atom is -0.382 e. The summed E-state index contributed by atoms with van der Waals surface area (Å²) in [6.45, 7) is 23.1. The minimum atomic E-state index is -4.54. The van der Waals surface area contributed by atoms with Gasteiger partial charge in [0.05, 0.1) is 53.2 Å². The maximum absolute atomic E-state index is 13.2. The lowest BCUT2D eigenvalue weighted by Crippen LogP contribution is -2.47. The highest BCUT2D eigenvalue weighted by Crippen LogP contribution is 2.58. The van der Waals surface area contributed by atoms with Gasteiger partial charge in [-0.15, -0.1) is 0 Å². The number of rotatable bonds is 17. The van der Waals surface area contributed by atoms with Crippen molar-refractivity contribution in [2.45, 2.75) is 262 Å². The zero-order valence-corrected chi connectivity index (χ0v) is 90.2. The Morgan fingerprint density at radius 1 is 0.311 bits per heavy atom. The highest BCUT2D eigenvalue weighted by Gasteiger charge is 2.53. The van der Waals surface area contributed by atoms with Crippen LogP contribution in [-0.4, -0.2) is 179 Å². The fourth-order valence-corrected chi connectivity index (χ4v) is 29.0. The van der Waals surface area contributed by atoms with Crippen molar-refractivity contribution in [2.75, 3.05) is 139 Å². The summed E-state index contributed by atoms with van der Waals surface area (Å²) in [5.41, 5.74) is 48.1. The number of anilines is 11. The molecule has 798 valence electrons. The first-order valence-electron chi connectivity index (χ1n) is 50.0. The quantitative estimate of drug-likeness (QED) is 0.0310. The molecule has 16 N–H and O–H groups in total. The van der Waals surface area contributed by atoms with E-state index >= 15 is 0 Å². The summed E-state index contributed by atoms with van der Waals surface area (Å²) in [4.78, 5) is 75.2. The van der Waals surface area contributed by atoms with Gasteiger partial charge in [-0.3, -0.25) is 15.0 Å². The van der Waals surface area contributed by atoms with Crippen LogP contribution in [-0.2, 0) is 28.0 Å². The average Bonchev–Trinajstić information content (AvgIpc) is 1.63. The first kappa shape index (κ1) is 111. The van der Waals surface area contributed by atoms with Crippen molar-refractivity contribution in [1.82, 2.24) is 74.8 Å². The fraction of sp³-hybridized carbons (Fsp3) is 0.554. The molecule has 2 unspecified atom stereocenters. The summed E-state index contributed by atoms with van der Waals surface area (Å²) >= 11 is 23.6. The molecule has 10 aromatic rings. The number of nitrogen functional groups attached to an aromatic ring is 6. The second kappa shape index (κ2) is 46.8. The highest BCUT2D eigenvalue weighted by atomic mass is 35.5. The van der Waals surface area contributed by atoms with E-state index < -0.39 is 35.6 Å². The van der Waals surface area contributed by atoms with Crippen molar-refractivity contribution >= 4 is 158 Å². The monoisotopic (exact) mass is 2200 g/mol. The number of methoxy groups -OCH3 is 2. The Morgan fingerprint density at radius 2 is 0.561 bits per heavy atom. The summed E-state index contributed by atoms with van der Waals surface area (Å²) in [5.74, 6) is 9.65. The normalized spacial score (nSPS) is 23.8. The molecule has 20 rings (SSSR count). The number of ether oxygens (including phenoxy) is 2. The average molecular weight is 2200 g/mol. The Labute approximate surface area is 892 Å². The van der Waals surface area contributed by atoms with Crippen LogP contribution in [0.25, 0.3) is 0 Å². The molecule has 5 spiro atoms. The SMILES string of the molecule is CC1CC(C)C2(CCN(c3cnc(Sc4cccnc4C(F)(F)F)c(N)n3)CC2)C1.CO[C@H]1C[C@@H](N)C2(CCN(c3cnc(Sc4ccnc(Cl)c4Cl)c(N)n3)CC2)C1.CO[C@H]1C[C@@H](N)C2(CCN(c3cnc(Sc4ccnc(N)c4Cl)c(N)n3)CC2)C1.C[C@@H]1C[C@H](C)C2(CCN(c3cnc(Sc4cccnc4C(F)(F)F)c(N)n3)CC2)C1.C[C@H]1C[C@H](C)C2(CCN(c3cnc(Sc4cccnc4C(F)(F)F)c(N)n3)CC2)C1. The number of nitrogens with zero attached hydrogens (tertiary/aromatic N) is 20. The smallest absolute Gasteiger partial charge is 0.382 e. The van der Waals surface area contributed by atoms with Crippen LogP contribution in [0.15, 0.2) is 160 Å². The Bertz CT molecular complexity index is 5750. The summed E-state index contributed by atoms with van der Waals surface area (Å²) in [6, 6.07) is 12.4. The van der Waals surface area contributed by atoms with Gasteiger partial charge in [0.2, 0.25) is 0 Å². The van der Waals surface area contributed by atoms with Crippen LogP contribution in [0.4, 0.5) is 104 Å². The molecule has 5 aliphatic carbocycles. The summed E-state index contributed by atoms with van der Waals surface area (Å²) < 4.78 is 130. The predicted octanol–water partition coefficient (Wildman–Crippen LogP) is 22.0. The number of piperidine rings is 5. The van der Waals surface area contributed by atoms with Crippen LogP contribution in [0.3, 0.4) is 0 Å². The Hall–Kier alpha value is -9.22. The molecule has 5 saturated heterocycles. The van der Waals surface area contributed by atoms with Crippen molar-refractivity contribution in [1.29, 1.82) is 0 Å². The third-order valence-electron chi connectivity index (χ3n) is 32.2. The number of hydrogen-bond acceptors (Lipinski definition) is 35. The standard InChI is InChI=1S/3C21H26F3N5S.C19H24Cl2N6OS.C19H26ClN7OS/c3*1-13-10-14(2)20(11-13)5-8-29(9-6-20)16-12-27-19(18(25)28-16)30-15-4-3-7-26-17(15)21(22,23)24;1-28-11-8-13(22)19(9-11)3-6-27(7-4-19)14-10-25-18(17(23)26-14)29-12-2-5-24-16(21)15(12)20;1-28-11-8-13(21)19(9-11)3-6-27(7-4-19)14-10-25-18(17(23)26-14)29-12-2-5-24-16(22)15(12)20/h3*3-4,7,12-14H,5-6,8-11H2,1-2H3,(H2,25,28);2,5,10-11,13H,3-4,6-9,22H2,1H3,(H2,23,26);2,5,10-11,13H,3-4,6-9,21H2,1H3,(H2,22,24)(H2,23,26)/t13-,14+;13-,14-;;2*11-,13+/m10.00/s1. The molecule has 5 saturated carbocycles. The van der Waals surface area contributed by atoms with Gasteiger partial charge in [-0.2, -0.15) is 39.5 Å². The molecule has 10 aliphatic rings. The van der Waals surface area contributed by atoms with Gasteiger partial charge in [-0.1, -0.05) is 135 Å². The van der Waals surface area contributed by atoms with Crippen LogP contribution in [0.2, 0.25) is 15.2 Å². The van der Waals surface area contributed by atoms with Gasteiger partial charge < -0.3 is 79.8 Å². The van der Waals surface area contributed by atoms with Crippen molar-refractivity contribution in [3.8, 4) is 0 Å². The van der Waals surface area contributed by atoms with E-state index in [1.54, 1.807) is 69.7 Å². The van der Waals surface area contributed by atoms with E-state index in [4.69, 9.17) is 90.1 Å². The third-order valence-corrected chi connectivity index (χ3v) is 38.9. The third kappa shape index (κ3) is 25.6. The fourth-order valence-electron chi connectivity index (χ4n) is 24.1. The number of hydrogen-bond donors (Lipinski definition) is 8. The number of halogens is 12. The molecule has 0 bridgehead atoms. The van der Waals surface area contributed by atoms with Crippen molar-refractivity contribution in [2.24, 2.45) is 74.0 Å². The van der Waals surface area contributed by atoms with Crippen LogP contribution in [0.5, 0.6) is 0 Å². The number of pyridine rings is 5. The molecular weight excluding hydrogens is 2070 g/mol. The van der Waals surface area contributed by atoms with Gasteiger partial charge >= 0.3 is 18.5 Å². The number of aromatic nitrogens is 15. The molecular formula is C101H128Cl3F9N28O2S5. The zero-order valence-electron chi connectivity index (χ0n) is 83.8. The van der Waals surface area contributed by atoms with Gasteiger partial charge in [-0.25, -0.2) is 59.8 Å². The summed E-state index contributed by atoms with van der Waals surface area (Å²) in [6.07, 6.45) is 24.5. The zero-order chi connectivity index (χ0) is 106. The van der Waals surface area contributed by atoms with E-state index in [1.165, 1.54) is 98.4 Å². The van der Waals surface area contributed by atoms with Crippen LogP contribution < -0.4 is 70.4 Å². The Kier molecular flexibility index (Phi) is 35.2. The van der Waals surface area contributed by atoms with Gasteiger partial charge in [0.15, 0.2) is 46.2 Å². The van der Waals surface area contributed by atoms with Gasteiger partial charge in [-0.05, 0) is 240 Å². The molecule has 148 heavy (non-hydrogen) atoms. The lowest BCUT2D eigenvalue weighted by molar-refractivity contribution is -0.144. The van der Waals surface area contributed by atoms with Crippen molar-refractivity contribution in [3.05, 3.63) is 143 Å². The maximum atomic E-state index is 13.2. The molecule has 10 fully saturated rings. The minimum absolute atomic E-state index is 0.0389. The Morgan fingerprint density at radius 3 is 0.797 bits per heavy atom. The second-order valence-corrected chi connectivity index (χ2v) is 47.7.